The van der Waals surface area contributed by atoms with Crippen LogP contribution in [0.3, 0.4) is 0 Å². The molecule has 0 aliphatic heterocycles. The van der Waals surface area contributed by atoms with E-state index in [-0.39, 0.29) is 5.97 Å². The van der Waals surface area contributed by atoms with E-state index in [2.05, 4.69) is 10.8 Å². The molecule has 0 unspecified atom stereocenters. The van der Waals surface area contributed by atoms with E-state index in [4.69, 9.17) is 0 Å². The van der Waals surface area contributed by atoms with Gasteiger partial charge < -0.3 is 4.18 Å². The van der Waals surface area contributed by atoms with Crippen LogP contribution in [0.1, 0.15) is 13.3 Å². The largest absolute Gasteiger partial charge is 0.388 e. The van der Waals surface area contributed by atoms with Crippen molar-refractivity contribution in [1.82, 2.24) is 0 Å². The maximum atomic E-state index is 10.3. The molecule has 0 spiro atoms. The van der Waals surface area contributed by atoms with Crippen LogP contribution in [0.5, 0.6) is 0 Å². The third-order valence-corrected chi connectivity index (χ3v) is 1.45. The van der Waals surface area contributed by atoms with Gasteiger partial charge in [-0.2, -0.15) is 0 Å². The van der Waals surface area contributed by atoms with Crippen molar-refractivity contribution in [3.8, 4) is 0 Å². The van der Waals surface area contributed by atoms with Crippen molar-refractivity contribution in [2.45, 2.75) is 13.3 Å². The molecule has 0 N–H and O–H groups in total. The standard InChI is InChI=1S/C6H10O2S/c1-3-5-9-8-6(7)4-2/h4H,2-3,5H2,1H3. The van der Waals surface area contributed by atoms with Gasteiger partial charge in [0, 0.05) is 11.8 Å². The van der Waals surface area contributed by atoms with Crippen LogP contribution in [0.25, 0.3) is 0 Å². The van der Waals surface area contributed by atoms with Gasteiger partial charge in [0.15, 0.2) is 0 Å². The van der Waals surface area contributed by atoms with Crippen LogP contribution < -0.4 is 0 Å². The lowest BCUT2D eigenvalue weighted by Gasteiger charge is -1.94. The van der Waals surface area contributed by atoms with E-state index in [1.807, 2.05) is 6.92 Å². The Morgan fingerprint density at radius 3 is 3.00 bits per heavy atom. The minimum absolute atomic E-state index is 0.367. The Morgan fingerprint density at radius 2 is 2.56 bits per heavy atom. The molecule has 0 fully saturated rings. The number of hydrogen-bond donors (Lipinski definition) is 0. The van der Waals surface area contributed by atoms with Crippen molar-refractivity contribution in [3.63, 3.8) is 0 Å². The molecule has 0 aliphatic carbocycles. The number of carbonyl (C=O) groups excluding carboxylic acids is 1. The second-order valence-electron chi connectivity index (χ2n) is 1.43. The van der Waals surface area contributed by atoms with Crippen molar-refractivity contribution in [2.75, 3.05) is 5.75 Å². The van der Waals surface area contributed by atoms with Gasteiger partial charge in [-0.05, 0) is 6.42 Å². The first-order valence-corrected chi connectivity index (χ1v) is 3.68. The summed E-state index contributed by atoms with van der Waals surface area (Å²) in [5, 5.41) is 0. The zero-order valence-corrected chi connectivity index (χ0v) is 6.24. The van der Waals surface area contributed by atoms with Gasteiger partial charge in [0.05, 0.1) is 12.0 Å². The predicted octanol–water partition coefficient (Wildman–Crippen LogP) is 1.77. The second kappa shape index (κ2) is 5.69. The maximum Gasteiger partial charge on any atom is 0.342 e. The highest BCUT2D eigenvalue weighted by molar-refractivity contribution is 7.95. The molecule has 0 aliphatic rings. The molecule has 0 aromatic carbocycles. The van der Waals surface area contributed by atoms with Crippen LogP contribution in [0.4, 0.5) is 0 Å². The van der Waals surface area contributed by atoms with E-state index in [1.54, 1.807) is 0 Å². The Kier molecular flexibility index (Phi) is 5.41. The van der Waals surface area contributed by atoms with Crippen LogP contribution in [-0.2, 0) is 8.98 Å². The van der Waals surface area contributed by atoms with Crippen molar-refractivity contribution in [3.05, 3.63) is 12.7 Å². The summed E-state index contributed by atoms with van der Waals surface area (Å²) in [6.45, 7) is 5.27. The predicted molar refractivity (Wildman–Crippen MR) is 39.0 cm³/mol. The van der Waals surface area contributed by atoms with E-state index in [1.165, 1.54) is 12.0 Å². The molecule has 0 aromatic rings. The molecule has 0 aromatic heterocycles. The quantitative estimate of drug-likeness (QED) is 0.343. The molecule has 0 saturated carbocycles. The van der Waals surface area contributed by atoms with Gasteiger partial charge >= 0.3 is 5.97 Å². The molecule has 0 amide bonds. The van der Waals surface area contributed by atoms with E-state index >= 15 is 0 Å². The van der Waals surface area contributed by atoms with E-state index < -0.39 is 0 Å². The molecule has 0 bridgehead atoms. The Labute approximate surface area is 59.5 Å². The van der Waals surface area contributed by atoms with Gasteiger partial charge in [-0.1, -0.05) is 13.5 Å². The fraction of sp³-hybridized carbons (Fsp3) is 0.500. The summed E-state index contributed by atoms with van der Waals surface area (Å²) in [7, 11) is 0. The molecule has 9 heavy (non-hydrogen) atoms. The van der Waals surface area contributed by atoms with Gasteiger partial charge in [0.2, 0.25) is 0 Å². The fourth-order valence-electron chi connectivity index (χ4n) is 0.217. The molecule has 2 nitrogen and oxygen atoms in total. The Hall–Kier alpha value is -0.440. The number of rotatable bonds is 4. The first-order valence-electron chi connectivity index (χ1n) is 2.77. The lowest BCUT2D eigenvalue weighted by molar-refractivity contribution is -0.127. The van der Waals surface area contributed by atoms with Crippen molar-refractivity contribution in [1.29, 1.82) is 0 Å². The summed E-state index contributed by atoms with van der Waals surface area (Å²) >= 11 is 1.17. The number of carbonyl (C=O) groups is 1. The van der Waals surface area contributed by atoms with Crippen LogP contribution in [0, 0.1) is 0 Å². The molecule has 0 atom stereocenters. The monoisotopic (exact) mass is 146 g/mol. The second-order valence-corrected chi connectivity index (χ2v) is 2.24. The molecule has 3 heteroatoms. The molecule has 0 radical (unpaired) electrons. The first kappa shape index (κ1) is 8.56. The van der Waals surface area contributed by atoms with Crippen molar-refractivity contribution < 1.29 is 8.98 Å². The van der Waals surface area contributed by atoms with Gasteiger partial charge in [-0.25, -0.2) is 4.79 Å². The summed E-state index contributed by atoms with van der Waals surface area (Å²) < 4.78 is 4.59. The summed E-state index contributed by atoms with van der Waals surface area (Å²) in [4.78, 5) is 10.3. The lowest BCUT2D eigenvalue weighted by Crippen LogP contribution is -1.92. The Bertz CT molecular complexity index is 101. The highest BCUT2D eigenvalue weighted by Crippen LogP contribution is 2.03. The summed E-state index contributed by atoms with van der Waals surface area (Å²) in [5.74, 6) is 0.480. The normalized spacial score (nSPS) is 8.56. The summed E-state index contributed by atoms with van der Waals surface area (Å²) in [6, 6.07) is 0. The Balaban J connectivity index is 3.07. The first-order chi connectivity index (χ1) is 4.31. The average Bonchev–Trinajstić information content (AvgIpc) is 1.89. The number of hydrogen-bond acceptors (Lipinski definition) is 3. The van der Waals surface area contributed by atoms with Crippen LogP contribution in [0.2, 0.25) is 0 Å². The van der Waals surface area contributed by atoms with Gasteiger partial charge in [0.25, 0.3) is 0 Å². The van der Waals surface area contributed by atoms with Gasteiger partial charge in [0.1, 0.15) is 0 Å². The molecule has 0 heterocycles. The molecular weight excluding hydrogens is 136 g/mol. The van der Waals surface area contributed by atoms with E-state index in [0.29, 0.717) is 0 Å². The van der Waals surface area contributed by atoms with Crippen molar-refractivity contribution >= 4 is 18.0 Å². The van der Waals surface area contributed by atoms with Crippen LogP contribution in [-0.4, -0.2) is 11.7 Å². The molecule has 0 saturated heterocycles. The maximum absolute atomic E-state index is 10.3. The van der Waals surface area contributed by atoms with E-state index in [0.717, 1.165) is 18.2 Å². The minimum atomic E-state index is -0.367. The van der Waals surface area contributed by atoms with Crippen molar-refractivity contribution in [2.24, 2.45) is 0 Å². The van der Waals surface area contributed by atoms with Crippen LogP contribution >= 0.6 is 12.0 Å². The SMILES string of the molecule is C=CC(=O)OSCCC. The zero-order valence-electron chi connectivity index (χ0n) is 5.42. The molecular formula is C6H10O2S. The molecule has 0 rings (SSSR count). The fourth-order valence-corrected chi connectivity index (χ4v) is 0.651. The smallest absolute Gasteiger partial charge is 0.342 e. The highest BCUT2D eigenvalue weighted by atomic mass is 32.2. The third-order valence-electron chi connectivity index (χ3n) is 0.595. The topological polar surface area (TPSA) is 26.3 Å². The van der Waals surface area contributed by atoms with Crippen LogP contribution in [0.15, 0.2) is 12.7 Å². The zero-order chi connectivity index (χ0) is 7.11. The van der Waals surface area contributed by atoms with Gasteiger partial charge in [-0.3, -0.25) is 0 Å². The highest BCUT2D eigenvalue weighted by Gasteiger charge is 1.93. The summed E-state index contributed by atoms with van der Waals surface area (Å²) in [5.41, 5.74) is 0. The summed E-state index contributed by atoms with van der Waals surface area (Å²) in [6.07, 6.45) is 2.16. The van der Waals surface area contributed by atoms with Gasteiger partial charge in [-0.15, -0.1) is 0 Å². The molecule has 52 valence electrons. The van der Waals surface area contributed by atoms with E-state index in [9.17, 15) is 4.79 Å². The lowest BCUT2D eigenvalue weighted by atomic mass is 10.6. The minimum Gasteiger partial charge on any atom is -0.388 e. The Morgan fingerprint density at radius 1 is 1.89 bits per heavy atom. The third kappa shape index (κ3) is 5.43. The average molecular weight is 146 g/mol.